The second kappa shape index (κ2) is 4.47. The first-order valence-corrected chi connectivity index (χ1v) is 5.08. The monoisotopic (exact) mass is 195 g/mol. The summed E-state index contributed by atoms with van der Waals surface area (Å²) in [6.07, 6.45) is 2.49. The van der Waals surface area contributed by atoms with Crippen LogP contribution in [0.2, 0.25) is 0 Å². The van der Waals surface area contributed by atoms with E-state index < -0.39 is 0 Å². The Morgan fingerprint density at radius 3 is 2.64 bits per heavy atom. The van der Waals surface area contributed by atoms with Crippen molar-refractivity contribution in [3.8, 4) is 12.0 Å². The van der Waals surface area contributed by atoms with E-state index in [4.69, 9.17) is 0 Å². The zero-order valence-electron chi connectivity index (χ0n) is 9.34. The molecule has 0 aromatic heterocycles. The van der Waals surface area contributed by atoms with Crippen molar-refractivity contribution in [3.63, 3.8) is 0 Å². The number of quaternary nitrogens is 1. The predicted octanol–water partition coefficient (Wildman–Crippen LogP) is 0.666. The van der Waals surface area contributed by atoms with Crippen molar-refractivity contribution < 1.29 is 9.28 Å². The fourth-order valence-corrected chi connectivity index (χ4v) is 1.31. The van der Waals surface area contributed by atoms with Crippen LogP contribution in [0.15, 0.2) is 0 Å². The number of rotatable bonds is 2. The summed E-state index contributed by atoms with van der Waals surface area (Å²) in [7, 11) is 6.42. The third kappa shape index (κ3) is 3.80. The molecule has 78 valence electrons. The molecular weight excluding hydrogens is 176 g/mol. The van der Waals surface area contributed by atoms with Crippen LogP contribution in [0.25, 0.3) is 0 Å². The molecule has 1 aliphatic rings. The van der Waals surface area contributed by atoms with Gasteiger partial charge in [0.1, 0.15) is 0 Å². The first kappa shape index (κ1) is 11.1. The van der Waals surface area contributed by atoms with Gasteiger partial charge in [-0.15, -0.1) is 0 Å². The highest BCUT2D eigenvalue weighted by molar-refractivity contribution is 5.79. The van der Waals surface area contributed by atoms with Crippen LogP contribution in [-0.4, -0.2) is 49.5 Å². The molecule has 1 aliphatic heterocycles. The van der Waals surface area contributed by atoms with Crippen LogP contribution in [0.5, 0.6) is 0 Å². The van der Waals surface area contributed by atoms with Gasteiger partial charge in [-0.2, -0.15) is 0 Å². The maximum atomic E-state index is 11.2. The fraction of sp³-hybridized carbons (Fsp3) is 0.727. The summed E-state index contributed by atoms with van der Waals surface area (Å²) in [6.45, 7) is 1.84. The quantitative estimate of drug-likeness (QED) is 0.468. The highest BCUT2D eigenvalue weighted by Crippen LogP contribution is 2.07. The van der Waals surface area contributed by atoms with E-state index >= 15 is 0 Å². The number of likely N-dealkylation sites (tertiary alicyclic amines) is 1. The minimum absolute atomic E-state index is 0.183. The number of hydrogen-bond donors (Lipinski definition) is 0. The maximum Gasteiger partial charge on any atom is 0.234 e. The van der Waals surface area contributed by atoms with Gasteiger partial charge in [-0.1, -0.05) is 5.92 Å². The van der Waals surface area contributed by atoms with E-state index in [-0.39, 0.29) is 5.91 Å². The third-order valence-corrected chi connectivity index (χ3v) is 2.20. The van der Waals surface area contributed by atoms with E-state index in [1.165, 1.54) is 0 Å². The molecule has 14 heavy (non-hydrogen) atoms. The van der Waals surface area contributed by atoms with Gasteiger partial charge < -0.3 is 4.48 Å². The molecule has 1 amide bonds. The van der Waals surface area contributed by atoms with E-state index in [0.717, 1.165) is 30.4 Å². The van der Waals surface area contributed by atoms with Crippen LogP contribution in [-0.2, 0) is 4.79 Å². The summed E-state index contributed by atoms with van der Waals surface area (Å²) in [4.78, 5) is 12.8. The van der Waals surface area contributed by atoms with Crippen LogP contribution >= 0.6 is 0 Å². The summed E-state index contributed by atoms with van der Waals surface area (Å²) in [5, 5.41) is 0. The van der Waals surface area contributed by atoms with Gasteiger partial charge in [-0.3, -0.25) is 9.69 Å². The lowest BCUT2D eigenvalue weighted by Crippen LogP contribution is -2.35. The van der Waals surface area contributed by atoms with E-state index in [1.54, 1.807) is 4.90 Å². The van der Waals surface area contributed by atoms with Crippen molar-refractivity contribution in [2.75, 3.05) is 34.2 Å². The number of carbonyl (C=O) groups is 1. The summed E-state index contributed by atoms with van der Waals surface area (Å²) in [5.41, 5.74) is 0. The van der Waals surface area contributed by atoms with Crippen LogP contribution in [0, 0.1) is 12.0 Å². The van der Waals surface area contributed by atoms with E-state index in [0.29, 0.717) is 6.42 Å². The van der Waals surface area contributed by atoms with Gasteiger partial charge in [0.15, 0.2) is 0 Å². The molecule has 1 heterocycles. The van der Waals surface area contributed by atoms with Crippen molar-refractivity contribution >= 4 is 5.91 Å². The molecule has 0 unspecified atom stereocenters. The van der Waals surface area contributed by atoms with E-state index in [1.807, 2.05) is 0 Å². The molecule has 1 fully saturated rings. The molecule has 0 aliphatic carbocycles. The lowest BCUT2D eigenvalue weighted by Gasteiger charge is -2.22. The van der Waals surface area contributed by atoms with Crippen LogP contribution in [0.3, 0.4) is 0 Å². The molecule has 0 saturated carbocycles. The van der Waals surface area contributed by atoms with Crippen molar-refractivity contribution in [2.45, 2.75) is 19.3 Å². The standard InChI is InChI=1S/C11H19N2O/c1-13(2,3)10-5-4-8-12-9-6-7-11(12)14/h5-7,9-10H2,1-3H3/q+1. The summed E-state index contributed by atoms with van der Waals surface area (Å²) in [6, 6.07) is 2.93. The molecule has 1 saturated heterocycles. The molecule has 0 bridgehead atoms. The van der Waals surface area contributed by atoms with Gasteiger partial charge in [0.2, 0.25) is 5.91 Å². The molecule has 3 heteroatoms. The Morgan fingerprint density at radius 1 is 1.43 bits per heavy atom. The number of carbonyl (C=O) groups excluding carboxylic acids is 1. The predicted molar refractivity (Wildman–Crippen MR) is 56.2 cm³/mol. The molecule has 0 N–H and O–H groups in total. The largest absolute Gasteiger partial charge is 0.330 e. The Morgan fingerprint density at radius 2 is 2.14 bits per heavy atom. The Kier molecular flexibility index (Phi) is 3.54. The van der Waals surface area contributed by atoms with Crippen molar-refractivity contribution in [1.82, 2.24) is 4.90 Å². The van der Waals surface area contributed by atoms with Gasteiger partial charge in [0.05, 0.1) is 34.1 Å². The van der Waals surface area contributed by atoms with Crippen LogP contribution < -0.4 is 0 Å². The van der Waals surface area contributed by atoms with Gasteiger partial charge in [0, 0.05) is 19.0 Å². The molecule has 0 aromatic rings. The SMILES string of the molecule is C[N+](C)(C)CCC#CN1CCCC1=O. The molecule has 1 rings (SSSR count). The summed E-state index contributed by atoms with van der Waals surface area (Å²) in [5.74, 6) is 3.24. The van der Waals surface area contributed by atoms with E-state index in [9.17, 15) is 4.79 Å². The fourth-order valence-electron chi connectivity index (χ4n) is 1.31. The number of hydrogen-bond acceptors (Lipinski definition) is 1. The Hall–Kier alpha value is -1.01. The molecular formula is C11H19N2O+. The Balaban J connectivity index is 2.30. The summed E-state index contributed by atoms with van der Waals surface area (Å²) < 4.78 is 0.919. The lowest BCUT2D eigenvalue weighted by molar-refractivity contribution is -0.869. The minimum Gasteiger partial charge on any atom is -0.330 e. The average Bonchev–Trinajstić information content (AvgIpc) is 2.44. The maximum absolute atomic E-state index is 11.2. The molecule has 3 nitrogen and oxygen atoms in total. The number of nitrogens with zero attached hydrogens (tertiary/aromatic N) is 2. The first-order valence-electron chi connectivity index (χ1n) is 5.08. The molecule has 0 radical (unpaired) electrons. The topological polar surface area (TPSA) is 20.3 Å². The van der Waals surface area contributed by atoms with E-state index in [2.05, 4.69) is 33.1 Å². The zero-order valence-corrected chi connectivity index (χ0v) is 9.34. The molecule has 0 atom stereocenters. The van der Waals surface area contributed by atoms with Gasteiger partial charge >= 0.3 is 0 Å². The Bertz CT molecular complexity index is 267. The third-order valence-electron chi connectivity index (χ3n) is 2.20. The van der Waals surface area contributed by atoms with Crippen molar-refractivity contribution in [2.24, 2.45) is 0 Å². The number of amides is 1. The van der Waals surface area contributed by atoms with Crippen molar-refractivity contribution in [3.05, 3.63) is 0 Å². The highest BCUT2D eigenvalue weighted by Gasteiger charge is 2.17. The van der Waals surface area contributed by atoms with Crippen LogP contribution in [0.4, 0.5) is 0 Å². The second-order valence-corrected chi connectivity index (χ2v) is 4.70. The van der Waals surface area contributed by atoms with Gasteiger partial charge in [0.25, 0.3) is 0 Å². The molecule has 0 spiro atoms. The minimum atomic E-state index is 0.183. The zero-order chi connectivity index (χ0) is 10.6. The van der Waals surface area contributed by atoms with Gasteiger partial charge in [-0.25, -0.2) is 0 Å². The van der Waals surface area contributed by atoms with Crippen LogP contribution in [0.1, 0.15) is 19.3 Å². The molecule has 0 aromatic carbocycles. The average molecular weight is 195 g/mol. The van der Waals surface area contributed by atoms with Gasteiger partial charge in [-0.05, 0) is 6.42 Å². The lowest BCUT2D eigenvalue weighted by atomic mass is 10.4. The normalized spacial score (nSPS) is 16.8. The highest BCUT2D eigenvalue weighted by atomic mass is 16.2. The second-order valence-electron chi connectivity index (χ2n) is 4.70. The summed E-state index contributed by atoms with van der Waals surface area (Å²) >= 11 is 0. The smallest absolute Gasteiger partial charge is 0.234 e. The van der Waals surface area contributed by atoms with Crippen molar-refractivity contribution in [1.29, 1.82) is 0 Å². The first-order chi connectivity index (χ1) is 6.49. The Labute approximate surface area is 86.3 Å².